The Morgan fingerprint density at radius 2 is 1.28 bits per heavy atom. The Labute approximate surface area is 351 Å². The Morgan fingerprint density at radius 1 is 0.705 bits per heavy atom. The molecule has 0 fully saturated rings. The zero-order valence-electron chi connectivity index (χ0n) is 34.2. The largest absolute Gasteiger partial charge is 0.514 e. The monoisotopic (exact) mass is 856 g/mol. The van der Waals surface area contributed by atoms with Crippen LogP contribution in [0.5, 0.6) is 5.75 Å². The van der Waals surface area contributed by atoms with E-state index in [9.17, 15) is 43.7 Å². The molecule has 21 nitrogen and oxygen atoms in total. The standard InChI is InChI=1S/C40H52N6O15/c1-27(2)37(39(52)42-28(3)38(51)43-30-6-4-29(5-7-30)26-60-40(53)61-32-10-8-31(9-11-32)46(54)55)44-34(48)15-18-56-20-22-58-24-25-59-23-21-57-19-16-41-33(47)14-17-45-35(49)12-13-36(45)50/h4-13,27-28,37H,14-26H2,1-3H3,(H,41,47)(H,42,52)(H,43,51)(H,44,48)/t28-,37-/m0/s1. The van der Waals surface area contributed by atoms with Gasteiger partial charge < -0.3 is 49.7 Å². The molecule has 4 N–H and O–H groups in total. The van der Waals surface area contributed by atoms with Gasteiger partial charge in [0.1, 0.15) is 24.4 Å². The average Bonchev–Trinajstić information content (AvgIpc) is 3.55. The normalized spacial score (nSPS) is 13.1. The number of ether oxygens (including phenoxy) is 6. The van der Waals surface area contributed by atoms with E-state index in [1.807, 2.05) is 0 Å². The zero-order chi connectivity index (χ0) is 44.6. The number of nitrogens with one attached hydrogen (secondary N) is 4. The highest BCUT2D eigenvalue weighted by atomic mass is 16.7. The number of non-ortho nitro benzene ring substituents is 1. The van der Waals surface area contributed by atoms with Gasteiger partial charge in [0, 0.05) is 55.9 Å². The van der Waals surface area contributed by atoms with Gasteiger partial charge in [-0.3, -0.25) is 43.8 Å². The number of rotatable bonds is 28. The highest BCUT2D eigenvalue weighted by molar-refractivity contribution is 6.13. The van der Waals surface area contributed by atoms with Gasteiger partial charge in [0.15, 0.2) is 0 Å². The number of nitro benzene ring substituents is 1. The molecule has 0 radical (unpaired) electrons. The summed E-state index contributed by atoms with van der Waals surface area (Å²) < 4.78 is 31.8. The molecular formula is C40H52N6O15. The smallest absolute Gasteiger partial charge is 0.429 e. The summed E-state index contributed by atoms with van der Waals surface area (Å²) >= 11 is 0. The van der Waals surface area contributed by atoms with Crippen LogP contribution in [-0.4, -0.2) is 129 Å². The molecule has 0 bridgehead atoms. The summed E-state index contributed by atoms with van der Waals surface area (Å²) in [6.07, 6.45) is 1.34. The number of nitro groups is 1. The van der Waals surface area contributed by atoms with Crippen LogP contribution in [0.25, 0.3) is 0 Å². The van der Waals surface area contributed by atoms with Crippen molar-refractivity contribution < 1.29 is 66.9 Å². The molecule has 2 aromatic carbocycles. The number of hydrogen-bond donors (Lipinski definition) is 4. The summed E-state index contributed by atoms with van der Waals surface area (Å²) in [4.78, 5) is 96.4. The van der Waals surface area contributed by atoms with Gasteiger partial charge in [0.25, 0.3) is 17.5 Å². The van der Waals surface area contributed by atoms with Gasteiger partial charge in [-0.25, -0.2) is 4.79 Å². The number of anilines is 1. The van der Waals surface area contributed by atoms with E-state index in [4.69, 9.17) is 28.4 Å². The van der Waals surface area contributed by atoms with Crippen LogP contribution in [0, 0.1) is 16.0 Å². The first-order valence-electron chi connectivity index (χ1n) is 19.4. The lowest BCUT2D eigenvalue weighted by Crippen LogP contribution is -2.53. The van der Waals surface area contributed by atoms with Crippen LogP contribution in [0.3, 0.4) is 0 Å². The molecule has 332 valence electrons. The maximum atomic E-state index is 13.0. The second kappa shape index (κ2) is 26.7. The fourth-order valence-corrected chi connectivity index (χ4v) is 5.13. The van der Waals surface area contributed by atoms with Crippen molar-refractivity contribution in [2.75, 3.05) is 71.3 Å². The van der Waals surface area contributed by atoms with Crippen LogP contribution < -0.4 is 26.0 Å². The molecule has 0 saturated heterocycles. The van der Waals surface area contributed by atoms with E-state index in [1.165, 1.54) is 43.3 Å². The SMILES string of the molecule is CC(C)[C@H](NC(=O)CCOCCOCCOCCOCCNC(=O)CCN1C(=O)C=CC1=O)C(=O)N[C@@H](C)C(=O)Nc1ccc(COC(=O)Oc2ccc([N+](=O)[O-])cc2)cc1. The van der Waals surface area contributed by atoms with E-state index in [-0.39, 0.29) is 82.2 Å². The molecule has 0 unspecified atom stereocenters. The number of nitrogens with zero attached hydrogens (tertiary/aromatic N) is 2. The molecule has 0 spiro atoms. The molecule has 2 atom stereocenters. The molecule has 6 amide bonds. The maximum absolute atomic E-state index is 13.0. The highest BCUT2D eigenvalue weighted by Gasteiger charge is 2.27. The molecule has 0 saturated carbocycles. The quantitative estimate of drug-likeness (QED) is 0.0237. The van der Waals surface area contributed by atoms with Crippen LogP contribution in [0.4, 0.5) is 16.2 Å². The van der Waals surface area contributed by atoms with Crippen LogP contribution >= 0.6 is 0 Å². The Hall–Kier alpha value is -6.29. The number of hydrogen-bond acceptors (Lipinski definition) is 15. The van der Waals surface area contributed by atoms with E-state index in [0.717, 1.165) is 4.90 Å². The molecule has 61 heavy (non-hydrogen) atoms. The fraction of sp³-hybridized carbons (Fsp3) is 0.475. The van der Waals surface area contributed by atoms with Crippen molar-refractivity contribution in [3.63, 3.8) is 0 Å². The first kappa shape index (κ1) is 49.1. The Morgan fingerprint density at radius 3 is 1.85 bits per heavy atom. The van der Waals surface area contributed by atoms with Crippen molar-refractivity contribution >= 4 is 53.0 Å². The third-order valence-electron chi connectivity index (χ3n) is 8.47. The molecule has 0 aromatic heterocycles. The summed E-state index contributed by atoms with van der Waals surface area (Å²) in [7, 11) is 0. The Balaban J connectivity index is 1.18. The van der Waals surface area contributed by atoms with E-state index >= 15 is 0 Å². The lowest BCUT2D eigenvalue weighted by Gasteiger charge is -2.24. The highest BCUT2D eigenvalue weighted by Crippen LogP contribution is 2.18. The number of carbonyl (C=O) groups is 7. The second-order valence-electron chi connectivity index (χ2n) is 13.6. The lowest BCUT2D eigenvalue weighted by molar-refractivity contribution is -0.384. The van der Waals surface area contributed by atoms with E-state index in [0.29, 0.717) is 37.7 Å². The van der Waals surface area contributed by atoms with Crippen LogP contribution in [0.15, 0.2) is 60.7 Å². The fourth-order valence-electron chi connectivity index (χ4n) is 5.13. The molecule has 21 heteroatoms. The van der Waals surface area contributed by atoms with Crippen molar-refractivity contribution in [1.82, 2.24) is 20.9 Å². The van der Waals surface area contributed by atoms with Crippen LogP contribution in [0.1, 0.15) is 39.2 Å². The molecular weight excluding hydrogens is 804 g/mol. The van der Waals surface area contributed by atoms with Gasteiger partial charge in [0.05, 0.1) is 57.8 Å². The minimum atomic E-state index is -1.01. The van der Waals surface area contributed by atoms with E-state index < -0.39 is 52.7 Å². The summed E-state index contributed by atoms with van der Waals surface area (Å²) in [5.74, 6) is -2.80. The number of carbonyl (C=O) groups excluding carboxylic acids is 7. The van der Waals surface area contributed by atoms with Gasteiger partial charge >= 0.3 is 6.16 Å². The molecule has 2 aromatic rings. The van der Waals surface area contributed by atoms with Crippen molar-refractivity contribution in [3.8, 4) is 5.75 Å². The van der Waals surface area contributed by atoms with Gasteiger partial charge in [-0.2, -0.15) is 0 Å². The molecule has 3 rings (SSSR count). The summed E-state index contributed by atoms with van der Waals surface area (Å²) in [6.45, 7) is 7.34. The Bertz CT molecular complexity index is 1800. The maximum Gasteiger partial charge on any atom is 0.514 e. The predicted molar refractivity (Wildman–Crippen MR) is 215 cm³/mol. The van der Waals surface area contributed by atoms with Crippen LogP contribution in [0.2, 0.25) is 0 Å². The number of imide groups is 1. The molecule has 0 aliphatic carbocycles. The van der Waals surface area contributed by atoms with Crippen molar-refractivity contribution in [3.05, 3.63) is 76.4 Å². The minimum Gasteiger partial charge on any atom is -0.429 e. The molecule has 1 aliphatic heterocycles. The lowest BCUT2D eigenvalue weighted by atomic mass is 10.0. The van der Waals surface area contributed by atoms with Crippen molar-refractivity contribution in [2.24, 2.45) is 5.92 Å². The summed E-state index contributed by atoms with van der Waals surface area (Å²) in [5, 5.41) is 21.4. The summed E-state index contributed by atoms with van der Waals surface area (Å²) in [6, 6.07) is 9.46. The third-order valence-corrected chi connectivity index (χ3v) is 8.47. The first-order chi connectivity index (χ1) is 29.2. The molecule has 1 aliphatic rings. The first-order valence-corrected chi connectivity index (χ1v) is 19.4. The van der Waals surface area contributed by atoms with Gasteiger partial charge in [-0.1, -0.05) is 26.0 Å². The van der Waals surface area contributed by atoms with Gasteiger partial charge in [0.2, 0.25) is 23.6 Å². The number of amides is 6. The topological polar surface area (TPSA) is 269 Å². The number of benzene rings is 2. The second-order valence-corrected chi connectivity index (χ2v) is 13.6. The van der Waals surface area contributed by atoms with Gasteiger partial charge in [-0.05, 0) is 42.7 Å². The van der Waals surface area contributed by atoms with E-state index in [1.54, 1.807) is 38.1 Å². The van der Waals surface area contributed by atoms with Crippen molar-refractivity contribution in [2.45, 2.75) is 52.3 Å². The minimum absolute atomic E-state index is 0.000324. The molecule has 1 heterocycles. The third kappa shape index (κ3) is 19.1. The van der Waals surface area contributed by atoms with Crippen LogP contribution in [-0.2, 0) is 59.1 Å². The predicted octanol–water partition coefficient (Wildman–Crippen LogP) is 1.78. The average molecular weight is 857 g/mol. The van der Waals surface area contributed by atoms with E-state index in [2.05, 4.69) is 21.3 Å². The zero-order valence-corrected chi connectivity index (χ0v) is 34.2. The Kier molecular flexibility index (Phi) is 21.5. The van der Waals surface area contributed by atoms with Gasteiger partial charge in [-0.15, -0.1) is 0 Å². The van der Waals surface area contributed by atoms with Crippen molar-refractivity contribution in [1.29, 1.82) is 0 Å². The summed E-state index contributed by atoms with van der Waals surface area (Å²) in [5.41, 5.74) is 0.848.